The lowest BCUT2D eigenvalue weighted by Crippen LogP contribution is -2.45. The van der Waals surface area contributed by atoms with Crippen LogP contribution in [0.3, 0.4) is 0 Å². The summed E-state index contributed by atoms with van der Waals surface area (Å²) in [6.45, 7) is 10.2. The number of benzene rings is 1. The van der Waals surface area contributed by atoms with Gasteiger partial charge in [0.15, 0.2) is 6.10 Å². The quantitative estimate of drug-likeness (QED) is 0.831. The summed E-state index contributed by atoms with van der Waals surface area (Å²) in [5.41, 5.74) is 1.66. The highest BCUT2D eigenvalue weighted by Gasteiger charge is 2.26. The van der Waals surface area contributed by atoms with E-state index in [-0.39, 0.29) is 17.4 Å². The SMILES string of the molecule is C[C@H](OC(=O)c1ccc(C(C)(C)C)cc1)C(=O)N[C@H]1CCCC[C@H]1C. The van der Waals surface area contributed by atoms with Crippen LogP contribution in [0.4, 0.5) is 0 Å². The van der Waals surface area contributed by atoms with Gasteiger partial charge in [0.05, 0.1) is 5.56 Å². The molecule has 25 heavy (non-hydrogen) atoms. The van der Waals surface area contributed by atoms with Crippen LogP contribution in [-0.2, 0) is 14.9 Å². The molecule has 2 rings (SSSR count). The first kappa shape index (κ1) is 19.5. The van der Waals surface area contributed by atoms with E-state index >= 15 is 0 Å². The molecule has 1 aliphatic carbocycles. The molecule has 0 aromatic heterocycles. The van der Waals surface area contributed by atoms with Gasteiger partial charge in [-0.2, -0.15) is 0 Å². The first-order chi connectivity index (χ1) is 11.7. The van der Waals surface area contributed by atoms with Gasteiger partial charge in [-0.05, 0) is 48.8 Å². The van der Waals surface area contributed by atoms with E-state index in [1.165, 1.54) is 6.42 Å². The third kappa shape index (κ3) is 5.32. The first-order valence-electron chi connectivity index (χ1n) is 9.30. The molecule has 1 N–H and O–H groups in total. The summed E-state index contributed by atoms with van der Waals surface area (Å²) < 4.78 is 5.35. The van der Waals surface area contributed by atoms with Gasteiger partial charge >= 0.3 is 5.97 Å². The molecule has 4 heteroatoms. The van der Waals surface area contributed by atoms with Gasteiger partial charge in [-0.25, -0.2) is 4.79 Å². The number of esters is 1. The molecule has 4 nitrogen and oxygen atoms in total. The Morgan fingerprint density at radius 2 is 1.72 bits per heavy atom. The minimum Gasteiger partial charge on any atom is -0.449 e. The van der Waals surface area contributed by atoms with E-state index in [2.05, 4.69) is 33.0 Å². The van der Waals surface area contributed by atoms with Gasteiger partial charge in [0.2, 0.25) is 0 Å². The van der Waals surface area contributed by atoms with Crippen LogP contribution in [0, 0.1) is 5.92 Å². The van der Waals surface area contributed by atoms with Gasteiger partial charge in [-0.15, -0.1) is 0 Å². The molecule has 0 heterocycles. The summed E-state index contributed by atoms with van der Waals surface area (Å²) in [6, 6.07) is 7.58. The molecular formula is C21H31NO3. The van der Waals surface area contributed by atoms with Crippen LogP contribution >= 0.6 is 0 Å². The maximum atomic E-state index is 12.3. The molecule has 1 amide bonds. The third-order valence-electron chi connectivity index (χ3n) is 5.08. The lowest BCUT2D eigenvalue weighted by molar-refractivity contribution is -0.130. The van der Waals surface area contributed by atoms with Gasteiger partial charge in [-0.3, -0.25) is 4.79 Å². The number of hydrogen-bond acceptors (Lipinski definition) is 3. The van der Waals surface area contributed by atoms with Crippen molar-refractivity contribution in [2.24, 2.45) is 5.92 Å². The minimum absolute atomic E-state index is 0.0340. The van der Waals surface area contributed by atoms with Crippen molar-refractivity contribution in [3.8, 4) is 0 Å². The highest BCUT2D eigenvalue weighted by Crippen LogP contribution is 2.24. The highest BCUT2D eigenvalue weighted by atomic mass is 16.5. The third-order valence-corrected chi connectivity index (χ3v) is 5.08. The Balaban J connectivity index is 1.91. The zero-order valence-corrected chi connectivity index (χ0v) is 16.1. The van der Waals surface area contributed by atoms with Gasteiger partial charge in [0.1, 0.15) is 0 Å². The van der Waals surface area contributed by atoms with Crippen LogP contribution < -0.4 is 5.32 Å². The topological polar surface area (TPSA) is 55.4 Å². The molecule has 0 radical (unpaired) electrons. The van der Waals surface area contributed by atoms with Gasteiger partial charge in [-0.1, -0.05) is 52.7 Å². The van der Waals surface area contributed by atoms with Crippen molar-refractivity contribution in [3.05, 3.63) is 35.4 Å². The van der Waals surface area contributed by atoms with Crippen LogP contribution in [-0.4, -0.2) is 24.0 Å². The lowest BCUT2D eigenvalue weighted by atomic mass is 9.86. The maximum Gasteiger partial charge on any atom is 0.338 e. The zero-order chi connectivity index (χ0) is 18.6. The van der Waals surface area contributed by atoms with Gasteiger partial charge in [0.25, 0.3) is 5.91 Å². The highest BCUT2D eigenvalue weighted by molar-refractivity contribution is 5.92. The first-order valence-corrected chi connectivity index (χ1v) is 9.30. The van der Waals surface area contributed by atoms with Crippen LogP contribution in [0.2, 0.25) is 0 Å². The van der Waals surface area contributed by atoms with Crippen molar-refractivity contribution < 1.29 is 14.3 Å². The number of rotatable bonds is 4. The molecule has 1 saturated carbocycles. The minimum atomic E-state index is -0.788. The summed E-state index contributed by atoms with van der Waals surface area (Å²) in [7, 11) is 0. The Morgan fingerprint density at radius 3 is 2.28 bits per heavy atom. The summed E-state index contributed by atoms with van der Waals surface area (Å²) in [5, 5.41) is 3.04. The van der Waals surface area contributed by atoms with E-state index < -0.39 is 12.1 Å². The summed E-state index contributed by atoms with van der Waals surface area (Å²) in [5.74, 6) is -0.191. The Morgan fingerprint density at radius 1 is 1.12 bits per heavy atom. The number of ether oxygens (including phenoxy) is 1. The van der Waals surface area contributed by atoms with E-state index in [1.807, 2.05) is 12.1 Å². The molecule has 1 aromatic rings. The van der Waals surface area contributed by atoms with Crippen LogP contribution in [0.25, 0.3) is 0 Å². The van der Waals surface area contributed by atoms with Gasteiger partial charge in [0, 0.05) is 6.04 Å². The number of carbonyl (C=O) groups excluding carboxylic acids is 2. The molecule has 0 saturated heterocycles. The number of carbonyl (C=O) groups is 2. The maximum absolute atomic E-state index is 12.3. The van der Waals surface area contributed by atoms with Crippen molar-refractivity contribution in [2.45, 2.75) is 77.9 Å². The van der Waals surface area contributed by atoms with Gasteiger partial charge < -0.3 is 10.1 Å². The van der Waals surface area contributed by atoms with Crippen molar-refractivity contribution >= 4 is 11.9 Å². The zero-order valence-electron chi connectivity index (χ0n) is 16.1. The summed E-state index contributed by atoms with van der Waals surface area (Å²) >= 11 is 0. The van der Waals surface area contributed by atoms with Crippen molar-refractivity contribution in [1.82, 2.24) is 5.32 Å². The monoisotopic (exact) mass is 345 g/mol. The Bertz CT molecular complexity index is 601. The summed E-state index contributed by atoms with van der Waals surface area (Å²) in [6.07, 6.45) is 3.72. The van der Waals surface area contributed by atoms with E-state index in [0.717, 1.165) is 24.8 Å². The van der Waals surface area contributed by atoms with E-state index in [0.29, 0.717) is 11.5 Å². The number of amides is 1. The fourth-order valence-corrected chi connectivity index (χ4v) is 3.22. The fraction of sp³-hybridized carbons (Fsp3) is 0.619. The average Bonchev–Trinajstić information content (AvgIpc) is 2.56. The molecule has 0 spiro atoms. The molecule has 138 valence electrons. The second-order valence-corrected chi connectivity index (χ2v) is 8.25. The Kier molecular flexibility index (Phi) is 6.26. The second kappa shape index (κ2) is 8.03. The van der Waals surface area contributed by atoms with Crippen LogP contribution in [0.15, 0.2) is 24.3 Å². The van der Waals surface area contributed by atoms with E-state index in [4.69, 9.17) is 4.74 Å². The van der Waals surface area contributed by atoms with Crippen molar-refractivity contribution in [1.29, 1.82) is 0 Å². The van der Waals surface area contributed by atoms with Crippen molar-refractivity contribution in [3.63, 3.8) is 0 Å². The average molecular weight is 345 g/mol. The summed E-state index contributed by atoms with van der Waals surface area (Å²) in [4.78, 5) is 24.6. The smallest absolute Gasteiger partial charge is 0.338 e. The largest absolute Gasteiger partial charge is 0.449 e. The Hall–Kier alpha value is -1.84. The predicted molar refractivity (Wildman–Crippen MR) is 99.6 cm³/mol. The molecule has 0 aliphatic heterocycles. The predicted octanol–water partition coefficient (Wildman–Crippen LogP) is 4.22. The Labute approximate surface area is 151 Å². The molecular weight excluding hydrogens is 314 g/mol. The number of nitrogens with one attached hydrogen (secondary N) is 1. The normalized spacial score (nSPS) is 22.1. The van der Waals surface area contributed by atoms with E-state index in [9.17, 15) is 9.59 Å². The molecule has 1 aliphatic rings. The number of hydrogen-bond donors (Lipinski definition) is 1. The van der Waals surface area contributed by atoms with Crippen LogP contribution in [0.1, 0.15) is 76.2 Å². The standard InChI is InChI=1S/C21H31NO3/c1-14-8-6-7-9-18(14)22-19(23)15(2)25-20(24)16-10-12-17(13-11-16)21(3,4)5/h10-15,18H,6-9H2,1-5H3,(H,22,23)/t14-,15+,18+/m1/s1. The molecule has 0 unspecified atom stereocenters. The van der Waals surface area contributed by atoms with Crippen molar-refractivity contribution in [2.75, 3.05) is 0 Å². The molecule has 3 atom stereocenters. The van der Waals surface area contributed by atoms with Crippen LogP contribution in [0.5, 0.6) is 0 Å². The molecule has 0 bridgehead atoms. The lowest BCUT2D eigenvalue weighted by Gasteiger charge is -2.30. The molecule has 1 aromatic carbocycles. The fourth-order valence-electron chi connectivity index (χ4n) is 3.22. The second-order valence-electron chi connectivity index (χ2n) is 8.25. The van der Waals surface area contributed by atoms with E-state index in [1.54, 1.807) is 19.1 Å². The molecule has 1 fully saturated rings.